The molecule has 14 heavy (non-hydrogen) atoms. The van der Waals surface area contributed by atoms with Crippen molar-refractivity contribution in [2.75, 3.05) is 20.4 Å². The molecule has 0 saturated carbocycles. The first-order valence-corrected chi connectivity index (χ1v) is 6.46. The standard InChI is InChI=1S/C7H15BNO4P/c1-12-4-6-5(3-7(8)13-6)9-14(2,10)11/h5-7H,3-4H2,1-2H3,(H2,9,10,11)/p-1/t5-,6-,7-/m1/s1. The van der Waals surface area contributed by atoms with E-state index in [1.54, 1.807) is 0 Å². The predicted molar refractivity (Wildman–Crippen MR) is 51.4 cm³/mol. The van der Waals surface area contributed by atoms with Gasteiger partial charge in [-0.3, -0.25) is 5.09 Å². The molecule has 0 aromatic rings. The third-order valence-corrected chi connectivity index (χ3v) is 2.82. The molecule has 0 aromatic carbocycles. The van der Waals surface area contributed by atoms with Gasteiger partial charge in [0.15, 0.2) is 0 Å². The second kappa shape index (κ2) is 4.77. The van der Waals surface area contributed by atoms with Crippen LogP contribution in [0.3, 0.4) is 0 Å². The molecule has 7 heteroatoms. The minimum atomic E-state index is -3.49. The number of methoxy groups -OCH3 is 1. The van der Waals surface area contributed by atoms with Gasteiger partial charge in [0, 0.05) is 19.2 Å². The van der Waals surface area contributed by atoms with Crippen molar-refractivity contribution in [3.8, 4) is 0 Å². The van der Waals surface area contributed by atoms with Crippen LogP contribution in [0.1, 0.15) is 6.42 Å². The van der Waals surface area contributed by atoms with Crippen molar-refractivity contribution >= 4 is 15.4 Å². The SMILES string of the molecule is [B][C@H]1C[C@@H](NP(C)(=O)[O-])[C@@H](COC)O1. The van der Waals surface area contributed by atoms with E-state index in [0.29, 0.717) is 13.0 Å². The number of hydrogen-bond acceptors (Lipinski definition) is 4. The molecule has 1 fully saturated rings. The van der Waals surface area contributed by atoms with Crippen molar-refractivity contribution in [1.82, 2.24) is 5.09 Å². The highest BCUT2D eigenvalue weighted by Gasteiger charge is 2.33. The van der Waals surface area contributed by atoms with Crippen molar-refractivity contribution in [2.24, 2.45) is 0 Å². The number of nitrogens with one attached hydrogen (secondary N) is 1. The number of ether oxygens (including phenoxy) is 2. The number of rotatable bonds is 4. The lowest BCUT2D eigenvalue weighted by molar-refractivity contribution is -0.177. The Kier molecular flexibility index (Phi) is 4.16. The van der Waals surface area contributed by atoms with Gasteiger partial charge in [0.25, 0.3) is 0 Å². The van der Waals surface area contributed by atoms with Crippen LogP contribution in [0.2, 0.25) is 0 Å². The highest BCUT2D eigenvalue weighted by molar-refractivity contribution is 7.53. The molecule has 0 bridgehead atoms. The van der Waals surface area contributed by atoms with Gasteiger partial charge in [-0.05, 0) is 13.1 Å². The fourth-order valence-corrected chi connectivity index (χ4v) is 2.41. The Labute approximate surface area is 85.1 Å². The summed E-state index contributed by atoms with van der Waals surface area (Å²) < 4.78 is 21.2. The summed E-state index contributed by atoms with van der Waals surface area (Å²) in [5.41, 5.74) is 0. The first kappa shape index (κ1) is 12.2. The maximum atomic E-state index is 11.0. The van der Waals surface area contributed by atoms with Crippen molar-refractivity contribution in [3.63, 3.8) is 0 Å². The Morgan fingerprint density at radius 2 is 2.43 bits per heavy atom. The maximum Gasteiger partial charge on any atom is 0.109 e. The van der Waals surface area contributed by atoms with Crippen molar-refractivity contribution in [2.45, 2.75) is 24.6 Å². The molecule has 0 amide bonds. The summed E-state index contributed by atoms with van der Waals surface area (Å²) in [5, 5.41) is 2.50. The monoisotopic (exact) mass is 218 g/mol. The molecule has 0 spiro atoms. The molecule has 5 nitrogen and oxygen atoms in total. The summed E-state index contributed by atoms with van der Waals surface area (Å²) in [5.74, 6) is 0. The summed E-state index contributed by atoms with van der Waals surface area (Å²) >= 11 is 0. The van der Waals surface area contributed by atoms with E-state index in [1.807, 2.05) is 0 Å². The van der Waals surface area contributed by atoms with Crippen LogP contribution in [-0.4, -0.2) is 46.4 Å². The third-order valence-electron chi connectivity index (χ3n) is 2.02. The molecule has 1 unspecified atom stereocenters. The minimum Gasteiger partial charge on any atom is -0.788 e. The zero-order valence-corrected chi connectivity index (χ0v) is 9.20. The first-order chi connectivity index (χ1) is 6.42. The van der Waals surface area contributed by atoms with Crippen LogP contribution in [0.15, 0.2) is 0 Å². The van der Waals surface area contributed by atoms with Crippen LogP contribution in [0, 0.1) is 0 Å². The van der Waals surface area contributed by atoms with Gasteiger partial charge in [-0.15, -0.1) is 0 Å². The van der Waals surface area contributed by atoms with Crippen LogP contribution in [0.5, 0.6) is 0 Å². The van der Waals surface area contributed by atoms with Gasteiger partial charge in [-0.1, -0.05) is 0 Å². The molecule has 1 rings (SSSR count). The zero-order chi connectivity index (χ0) is 10.8. The van der Waals surface area contributed by atoms with Crippen LogP contribution >= 0.6 is 7.52 Å². The fourth-order valence-electron chi connectivity index (χ4n) is 1.53. The van der Waals surface area contributed by atoms with E-state index in [2.05, 4.69) is 5.09 Å². The van der Waals surface area contributed by atoms with Crippen LogP contribution in [0.25, 0.3) is 0 Å². The Morgan fingerprint density at radius 3 is 2.93 bits per heavy atom. The topological polar surface area (TPSA) is 70.6 Å². The molecule has 1 saturated heterocycles. The fraction of sp³-hybridized carbons (Fsp3) is 1.00. The van der Waals surface area contributed by atoms with Crippen LogP contribution in [0.4, 0.5) is 0 Å². The predicted octanol–water partition coefficient (Wildman–Crippen LogP) is -0.942. The molecule has 1 N–H and O–H groups in total. The third kappa shape index (κ3) is 3.71. The molecule has 0 aliphatic carbocycles. The van der Waals surface area contributed by atoms with E-state index in [1.165, 1.54) is 7.11 Å². The molecule has 1 heterocycles. The van der Waals surface area contributed by atoms with E-state index in [0.717, 1.165) is 6.66 Å². The van der Waals surface area contributed by atoms with E-state index in [-0.39, 0.29) is 12.1 Å². The van der Waals surface area contributed by atoms with E-state index < -0.39 is 13.5 Å². The maximum absolute atomic E-state index is 11.0. The van der Waals surface area contributed by atoms with E-state index in [4.69, 9.17) is 17.3 Å². The molecule has 4 atom stereocenters. The van der Waals surface area contributed by atoms with Gasteiger partial charge in [-0.2, -0.15) is 0 Å². The molecule has 1 aliphatic heterocycles. The summed E-state index contributed by atoms with van der Waals surface area (Å²) in [4.78, 5) is 11.0. The summed E-state index contributed by atoms with van der Waals surface area (Å²) in [6, 6.07) is -0.697. The highest BCUT2D eigenvalue weighted by atomic mass is 31.2. The Morgan fingerprint density at radius 1 is 1.79 bits per heavy atom. The average molecular weight is 218 g/mol. The van der Waals surface area contributed by atoms with E-state index in [9.17, 15) is 9.46 Å². The van der Waals surface area contributed by atoms with Gasteiger partial charge in [0.05, 0.1) is 20.2 Å². The van der Waals surface area contributed by atoms with Crippen molar-refractivity contribution in [3.05, 3.63) is 0 Å². The van der Waals surface area contributed by atoms with Gasteiger partial charge < -0.3 is 18.9 Å². The quantitative estimate of drug-likeness (QED) is 0.487. The summed E-state index contributed by atoms with van der Waals surface area (Å²) in [7, 11) is 3.60. The Bertz CT molecular complexity index is 234. The van der Waals surface area contributed by atoms with Gasteiger partial charge in [-0.25, -0.2) is 0 Å². The second-order valence-electron chi connectivity index (χ2n) is 3.49. The summed E-state index contributed by atoms with van der Waals surface area (Å²) in [6.45, 7) is 1.48. The smallest absolute Gasteiger partial charge is 0.109 e. The Balaban J connectivity index is 2.53. The molecule has 1 aliphatic rings. The van der Waals surface area contributed by atoms with Gasteiger partial charge in [0.1, 0.15) is 7.85 Å². The highest BCUT2D eigenvalue weighted by Crippen LogP contribution is 2.30. The lowest BCUT2D eigenvalue weighted by Gasteiger charge is -2.26. The second-order valence-corrected chi connectivity index (χ2v) is 5.44. The first-order valence-electron chi connectivity index (χ1n) is 4.38. The van der Waals surface area contributed by atoms with Gasteiger partial charge >= 0.3 is 0 Å². The molecule has 0 aromatic heterocycles. The lowest BCUT2D eigenvalue weighted by atomic mass is 9.95. The average Bonchev–Trinajstić information content (AvgIpc) is 2.28. The lowest BCUT2D eigenvalue weighted by Crippen LogP contribution is -2.38. The Hall–Kier alpha value is 0.135. The van der Waals surface area contributed by atoms with Gasteiger partial charge in [0.2, 0.25) is 0 Å². The minimum absolute atomic E-state index is 0.279. The van der Waals surface area contributed by atoms with Crippen molar-refractivity contribution < 1.29 is 18.9 Å². The molecule has 80 valence electrons. The van der Waals surface area contributed by atoms with Crippen LogP contribution in [-0.2, 0) is 14.0 Å². The zero-order valence-electron chi connectivity index (χ0n) is 8.30. The van der Waals surface area contributed by atoms with E-state index >= 15 is 0 Å². The number of hydrogen-bond donors (Lipinski definition) is 1. The molecule has 2 radical (unpaired) electrons. The normalized spacial score (nSPS) is 36.9. The van der Waals surface area contributed by atoms with Crippen LogP contribution < -0.4 is 9.98 Å². The molecular weight excluding hydrogens is 204 g/mol. The molecular formula is C7H14BNO4P-. The van der Waals surface area contributed by atoms with Crippen molar-refractivity contribution in [1.29, 1.82) is 0 Å². The summed E-state index contributed by atoms with van der Waals surface area (Å²) in [6.07, 6.45) is 0.186. The largest absolute Gasteiger partial charge is 0.788 e.